The van der Waals surface area contributed by atoms with Crippen LogP contribution in [0.1, 0.15) is 13.8 Å². The quantitative estimate of drug-likeness (QED) is 0.149. The zero-order valence-electron chi connectivity index (χ0n) is 33.8. The highest BCUT2D eigenvalue weighted by molar-refractivity contribution is 6.13. The first-order valence-electron chi connectivity index (χ1n) is 20.7. The Bertz CT molecular complexity index is 2880. The van der Waals surface area contributed by atoms with Crippen LogP contribution in [-0.2, 0) is 0 Å². The third kappa shape index (κ3) is 6.68. The van der Waals surface area contributed by atoms with E-state index in [1.54, 1.807) is 0 Å². The van der Waals surface area contributed by atoms with Gasteiger partial charge in [0.25, 0.3) is 0 Å². The van der Waals surface area contributed by atoms with E-state index in [9.17, 15) is 0 Å². The Balaban J connectivity index is 0.00000104. The Morgan fingerprint density at radius 1 is 0.250 bits per heavy atom. The SMILES string of the molecule is C/C=C\C.c1ccc(-c2ccc3c(c2)c2cc(-c4ccccc4)ccc2n3-c2cccc(-n3c4ccc(-c5ccccc5)cc4c4cc(-c5ccccc5)ccc43)c2)cc1. The van der Waals surface area contributed by atoms with E-state index in [2.05, 4.69) is 228 Å². The monoisotopic (exact) mass is 768 g/mol. The second-order valence-electron chi connectivity index (χ2n) is 15.2. The molecule has 0 atom stereocenters. The second kappa shape index (κ2) is 15.9. The van der Waals surface area contributed by atoms with Crippen LogP contribution in [0.4, 0.5) is 0 Å². The van der Waals surface area contributed by atoms with Crippen molar-refractivity contribution in [2.75, 3.05) is 0 Å². The minimum atomic E-state index is 1.12. The Morgan fingerprint density at radius 2 is 0.517 bits per heavy atom. The number of rotatable bonds is 6. The van der Waals surface area contributed by atoms with E-state index < -0.39 is 0 Å². The maximum atomic E-state index is 2.44. The van der Waals surface area contributed by atoms with Crippen molar-refractivity contribution in [2.45, 2.75) is 13.8 Å². The normalized spacial score (nSPS) is 11.4. The van der Waals surface area contributed by atoms with Gasteiger partial charge in [-0.25, -0.2) is 0 Å². The van der Waals surface area contributed by atoms with Gasteiger partial charge in [0.15, 0.2) is 0 Å². The van der Waals surface area contributed by atoms with Crippen molar-refractivity contribution < 1.29 is 0 Å². The molecule has 0 saturated carbocycles. The summed E-state index contributed by atoms with van der Waals surface area (Å²) in [6, 6.07) is 79.5. The van der Waals surface area contributed by atoms with E-state index in [4.69, 9.17) is 0 Å². The van der Waals surface area contributed by atoms with Gasteiger partial charge in [-0.1, -0.05) is 164 Å². The first-order valence-corrected chi connectivity index (χ1v) is 20.7. The maximum Gasteiger partial charge on any atom is 0.0541 e. The molecule has 11 rings (SSSR count). The van der Waals surface area contributed by atoms with Crippen LogP contribution >= 0.6 is 0 Å². The number of benzene rings is 9. The zero-order valence-corrected chi connectivity index (χ0v) is 33.8. The van der Waals surface area contributed by atoms with Crippen LogP contribution in [0.2, 0.25) is 0 Å². The van der Waals surface area contributed by atoms with Gasteiger partial charge in [-0.2, -0.15) is 0 Å². The molecule has 0 unspecified atom stereocenters. The zero-order chi connectivity index (χ0) is 40.4. The van der Waals surface area contributed by atoms with Gasteiger partial charge in [0.2, 0.25) is 0 Å². The molecule has 0 aliphatic carbocycles. The highest BCUT2D eigenvalue weighted by Gasteiger charge is 2.18. The molecule has 0 fully saturated rings. The predicted octanol–water partition coefficient (Wildman–Crippen LogP) is 16.1. The molecule has 286 valence electrons. The summed E-state index contributed by atoms with van der Waals surface area (Å²) in [4.78, 5) is 0. The average molecular weight is 769 g/mol. The number of hydrogen-bond acceptors (Lipinski definition) is 0. The molecule has 0 spiro atoms. The summed E-state index contributed by atoms with van der Waals surface area (Å²) in [6.07, 6.45) is 4.00. The summed E-state index contributed by atoms with van der Waals surface area (Å²) >= 11 is 0. The molecule has 0 aliphatic rings. The molecule has 2 heterocycles. The van der Waals surface area contributed by atoms with E-state index in [-0.39, 0.29) is 0 Å². The Kier molecular flexibility index (Phi) is 9.73. The van der Waals surface area contributed by atoms with Gasteiger partial charge in [-0.15, -0.1) is 0 Å². The van der Waals surface area contributed by atoms with Crippen molar-refractivity contribution in [2.24, 2.45) is 0 Å². The highest BCUT2D eigenvalue weighted by atomic mass is 15.0. The summed E-state index contributed by atoms with van der Waals surface area (Å²) in [7, 11) is 0. The summed E-state index contributed by atoms with van der Waals surface area (Å²) in [5.41, 5.74) is 16.7. The molecule has 0 radical (unpaired) electrons. The van der Waals surface area contributed by atoms with Gasteiger partial charge >= 0.3 is 0 Å². The number of fused-ring (bicyclic) bond motifs is 6. The van der Waals surface area contributed by atoms with E-state index in [0.717, 1.165) is 11.4 Å². The first kappa shape index (κ1) is 36.6. The van der Waals surface area contributed by atoms with Crippen LogP contribution in [-0.4, -0.2) is 9.13 Å². The van der Waals surface area contributed by atoms with Crippen LogP contribution in [0, 0.1) is 0 Å². The molecular formula is C58H44N2. The van der Waals surface area contributed by atoms with E-state index in [1.165, 1.54) is 88.1 Å². The van der Waals surface area contributed by atoms with Gasteiger partial charge in [-0.05, 0) is 125 Å². The summed E-state index contributed by atoms with van der Waals surface area (Å²) in [6.45, 7) is 4.00. The van der Waals surface area contributed by atoms with Crippen LogP contribution in [0.25, 0.3) is 99.5 Å². The fraction of sp³-hybridized carbons (Fsp3) is 0.0345. The average Bonchev–Trinajstić information content (AvgIpc) is 3.84. The third-order valence-corrected chi connectivity index (χ3v) is 11.6. The molecule has 11 aromatic rings. The number of allylic oxidation sites excluding steroid dienone is 2. The molecule has 2 aromatic heterocycles. The van der Waals surface area contributed by atoms with Gasteiger partial charge in [0.1, 0.15) is 0 Å². The molecule has 0 aliphatic heterocycles. The third-order valence-electron chi connectivity index (χ3n) is 11.6. The summed E-state index contributed by atoms with van der Waals surface area (Å²) in [5, 5.41) is 4.96. The van der Waals surface area contributed by atoms with Crippen molar-refractivity contribution in [1.29, 1.82) is 0 Å². The molecule has 0 bridgehead atoms. The largest absolute Gasteiger partial charge is 0.309 e. The number of nitrogens with zero attached hydrogens (tertiary/aromatic N) is 2. The van der Waals surface area contributed by atoms with Crippen LogP contribution in [0.5, 0.6) is 0 Å². The minimum Gasteiger partial charge on any atom is -0.309 e. The van der Waals surface area contributed by atoms with Crippen molar-refractivity contribution in [3.63, 3.8) is 0 Å². The minimum absolute atomic E-state index is 1.12. The molecular weight excluding hydrogens is 725 g/mol. The molecule has 60 heavy (non-hydrogen) atoms. The Morgan fingerprint density at radius 3 is 0.767 bits per heavy atom. The summed E-state index contributed by atoms with van der Waals surface area (Å²) < 4.78 is 4.87. The molecule has 2 heteroatoms. The van der Waals surface area contributed by atoms with Gasteiger partial charge in [0.05, 0.1) is 22.1 Å². The molecule has 0 amide bonds. The predicted molar refractivity (Wildman–Crippen MR) is 257 cm³/mol. The topological polar surface area (TPSA) is 9.86 Å². The molecule has 0 saturated heterocycles. The van der Waals surface area contributed by atoms with Crippen molar-refractivity contribution in [3.8, 4) is 55.9 Å². The fourth-order valence-corrected chi connectivity index (χ4v) is 8.61. The highest BCUT2D eigenvalue weighted by Crippen LogP contribution is 2.40. The van der Waals surface area contributed by atoms with Crippen LogP contribution in [0.15, 0.2) is 231 Å². The summed E-state index contributed by atoms with van der Waals surface area (Å²) in [5.74, 6) is 0. The van der Waals surface area contributed by atoms with Crippen molar-refractivity contribution in [3.05, 3.63) is 231 Å². The Labute approximate surface area is 351 Å². The van der Waals surface area contributed by atoms with Gasteiger partial charge in [-0.3, -0.25) is 0 Å². The lowest BCUT2D eigenvalue weighted by Crippen LogP contribution is -1.98. The van der Waals surface area contributed by atoms with Crippen LogP contribution in [0.3, 0.4) is 0 Å². The van der Waals surface area contributed by atoms with Gasteiger partial charge in [0, 0.05) is 32.9 Å². The molecule has 0 N–H and O–H groups in total. The Hall–Kier alpha value is -7.68. The fourth-order valence-electron chi connectivity index (χ4n) is 8.61. The van der Waals surface area contributed by atoms with Gasteiger partial charge < -0.3 is 9.13 Å². The smallest absolute Gasteiger partial charge is 0.0541 e. The van der Waals surface area contributed by atoms with E-state index in [1.807, 2.05) is 26.0 Å². The van der Waals surface area contributed by atoms with E-state index in [0.29, 0.717) is 0 Å². The van der Waals surface area contributed by atoms with Crippen molar-refractivity contribution >= 4 is 43.6 Å². The lowest BCUT2D eigenvalue weighted by molar-refractivity contribution is 1.13. The lowest BCUT2D eigenvalue weighted by atomic mass is 10.0. The number of aromatic nitrogens is 2. The molecule has 9 aromatic carbocycles. The molecule has 2 nitrogen and oxygen atoms in total. The van der Waals surface area contributed by atoms with Crippen molar-refractivity contribution in [1.82, 2.24) is 9.13 Å². The lowest BCUT2D eigenvalue weighted by Gasteiger charge is -2.13. The van der Waals surface area contributed by atoms with E-state index >= 15 is 0 Å². The van der Waals surface area contributed by atoms with Crippen LogP contribution < -0.4 is 0 Å². The maximum absolute atomic E-state index is 2.44. The second-order valence-corrected chi connectivity index (χ2v) is 15.2. The standard InChI is InChI=1S/C54H36N2.C4H8/c1-5-14-37(15-6-1)41-24-28-51-47(32-41)48-33-42(38-16-7-2-8-17-38)25-29-52(48)55(51)45-22-13-23-46(36-45)56-53-30-26-43(39-18-9-3-10-19-39)34-49(53)50-35-44(27-31-54(50)56)40-20-11-4-12-21-40;1-3-4-2/h1-36H;3-4H,1-2H3/b;4-3-. The first-order chi connectivity index (χ1) is 29.7. The number of hydrogen-bond donors (Lipinski definition) is 0.